The Labute approximate surface area is 144 Å². The molecule has 1 fully saturated rings. The Morgan fingerprint density at radius 2 is 2.00 bits per heavy atom. The van der Waals surface area contributed by atoms with Crippen LogP contribution < -0.4 is 5.32 Å². The number of pyridine rings is 1. The van der Waals surface area contributed by atoms with Crippen molar-refractivity contribution in [3.05, 3.63) is 43.1 Å². The highest BCUT2D eigenvalue weighted by atomic mass is 15.3. The second-order valence-corrected chi connectivity index (χ2v) is 6.53. The second kappa shape index (κ2) is 5.47. The van der Waals surface area contributed by atoms with Gasteiger partial charge in [-0.05, 0) is 37.8 Å². The van der Waals surface area contributed by atoms with Crippen LogP contribution in [-0.4, -0.2) is 35.6 Å². The smallest absolute Gasteiger partial charge is 0.241 e. The van der Waals surface area contributed by atoms with E-state index in [1.165, 1.54) is 12.8 Å². The molecular formula is C18H17N7. The average Bonchev–Trinajstić information content (AvgIpc) is 3.41. The second-order valence-electron chi connectivity index (χ2n) is 6.53. The largest absolute Gasteiger partial charge is 0.350 e. The van der Waals surface area contributed by atoms with E-state index in [0.29, 0.717) is 17.6 Å². The van der Waals surface area contributed by atoms with Crippen molar-refractivity contribution in [3.8, 4) is 11.1 Å². The predicted molar refractivity (Wildman–Crippen MR) is 95.1 cm³/mol. The topological polar surface area (TPSA) is 80.9 Å². The highest BCUT2D eigenvalue weighted by Gasteiger charge is 2.28. The molecule has 1 atom stereocenters. The number of hydrogen-bond acceptors (Lipinski definition) is 6. The summed E-state index contributed by atoms with van der Waals surface area (Å²) in [6, 6.07) is 4.43. The van der Waals surface area contributed by atoms with Gasteiger partial charge in [0.05, 0.1) is 11.7 Å². The van der Waals surface area contributed by atoms with Crippen LogP contribution in [0.1, 0.15) is 19.8 Å². The molecule has 1 N–H and O–H groups in total. The molecule has 4 aromatic rings. The highest BCUT2D eigenvalue weighted by Crippen LogP contribution is 2.33. The van der Waals surface area contributed by atoms with Gasteiger partial charge in [-0.2, -0.15) is 0 Å². The van der Waals surface area contributed by atoms with Gasteiger partial charge in [0.15, 0.2) is 5.65 Å². The fourth-order valence-electron chi connectivity index (χ4n) is 3.13. The van der Waals surface area contributed by atoms with Gasteiger partial charge in [0, 0.05) is 42.0 Å². The molecule has 1 aliphatic rings. The molecule has 1 unspecified atom stereocenters. The van der Waals surface area contributed by atoms with Crippen LogP contribution >= 0.6 is 0 Å². The Kier molecular flexibility index (Phi) is 3.12. The minimum atomic E-state index is 0.413. The van der Waals surface area contributed by atoms with Crippen molar-refractivity contribution < 1.29 is 0 Å². The van der Waals surface area contributed by atoms with Crippen LogP contribution in [0.4, 0.5) is 5.95 Å². The lowest BCUT2D eigenvalue weighted by Gasteiger charge is -2.12. The van der Waals surface area contributed by atoms with E-state index in [4.69, 9.17) is 0 Å². The van der Waals surface area contributed by atoms with Crippen molar-refractivity contribution in [1.29, 1.82) is 0 Å². The first-order chi connectivity index (χ1) is 12.3. The number of rotatable bonds is 4. The third-order valence-corrected chi connectivity index (χ3v) is 4.74. The van der Waals surface area contributed by atoms with Gasteiger partial charge in [0.2, 0.25) is 5.95 Å². The lowest BCUT2D eigenvalue weighted by molar-refractivity contribution is 0.681. The van der Waals surface area contributed by atoms with Crippen LogP contribution in [0.25, 0.3) is 27.8 Å². The number of nitrogens with zero attached hydrogens (tertiary/aromatic N) is 6. The summed E-state index contributed by atoms with van der Waals surface area (Å²) in [6.07, 6.45) is 11.5. The molecule has 1 aliphatic carbocycles. The van der Waals surface area contributed by atoms with Gasteiger partial charge in [0.1, 0.15) is 5.52 Å². The van der Waals surface area contributed by atoms with E-state index >= 15 is 0 Å². The minimum absolute atomic E-state index is 0.413. The van der Waals surface area contributed by atoms with E-state index in [1.54, 1.807) is 12.4 Å². The van der Waals surface area contributed by atoms with Crippen molar-refractivity contribution in [3.63, 3.8) is 0 Å². The Hall–Kier alpha value is -3.09. The number of nitrogens with one attached hydrogen (secondary N) is 1. The van der Waals surface area contributed by atoms with Crippen LogP contribution in [-0.2, 0) is 0 Å². The molecule has 0 bridgehead atoms. The van der Waals surface area contributed by atoms with Gasteiger partial charge in [-0.25, -0.2) is 19.5 Å². The molecule has 5 rings (SSSR count). The summed E-state index contributed by atoms with van der Waals surface area (Å²) in [5, 5.41) is 7.98. The molecule has 7 heteroatoms. The molecule has 0 saturated heterocycles. The third-order valence-electron chi connectivity index (χ3n) is 4.74. The summed E-state index contributed by atoms with van der Waals surface area (Å²) >= 11 is 0. The van der Waals surface area contributed by atoms with Crippen LogP contribution in [0.2, 0.25) is 0 Å². The lowest BCUT2D eigenvalue weighted by Crippen LogP contribution is -2.19. The summed E-state index contributed by atoms with van der Waals surface area (Å²) in [5.74, 6) is 1.42. The molecule has 1 saturated carbocycles. The zero-order valence-electron chi connectivity index (χ0n) is 13.8. The normalized spacial score (nSPS) is 15.6. The van der Waals surface area contributed by atoms with Crippen LogP contribution in [0.15, 0.2) is 43.1 Å². The Balaban J connectivity index is 1.52. The summed E-state index contributed by atoms with van der Waals surface area (Å²) in [4.78, 5) is 17.4. The number of fused-ring (bicyclic) bond motifs is 2. The van der Waals surface area contributed by atoms with Crippen molar-refractivity contribution in [2.75, 3.05) is 5.32 Å². The summed E-state index contributed by atoms with van der Waals surface area (Å²) in [5.41, 5.74) is 4.37. The molecule has 124 valence electrons. The van der Waals surface area contributed by atoms with Gasteiger partial charge in [-0.15, -0.1) is 5.10 Å². The van der Waals surface area contributed by atoms with E-state index < -0.39 is 0 Å². The van der Waals surface area contributed by atoms with Crippen LogP contribution in [0.5, 0.6) is 0 Å². The lowest BCUT2D eigenvalue weighted by atomic mass is 10.1. The number of hydrogen-bond donors (Lipinski definition) is 1. The minimum Gasteiger partial charge on any atom is -0.350 e. The fraction of sp³-hybridized carbons (Fsp3) is 0.278. The Morgan fingerprint density at radius 3 is 2.88 bits per heavy atom. The first kappa shape index (κ1) is 14.3. The number of anilines is 1. The standard InChI is InChI=1S/C18H17N7/c1-11(12-2-3-12)23-18-22-10-16-14(4-7-25(16)24-18)13-8-15-17(21-9-13)20-6-5-19-15/h4-12H,2-3H2,1H3,(H,23,24). The first-order valence-electron chi connectivity index (χ1n) is 8.46. The van der Waals surface area contributed by atoms with Crippen molar-refractivity contribution in [2.45, 2.75) is 25.8 Å². The van der Waals surface area contributed by atoms with E-state index in [0.717, 1.165) is 28.1 Å². The van der Waals surface area contributed by atoms with Gasteiger partial charge in [-0.3, -0.25) is 4.98 Å². The van der Waals surface area contributed by atoms with Crippen molar-refractivity contribution in [1.82, 2.24) is 29.5 Å². The molecule has 4 heterocycles. The van der Waals surface area contributed by atoms with Gasteiger partial charge < -0.3 is 5.32 Å². The predicted octanol–water partition coefficient (Wildman–Crippen LogP) is 2.94. The van der Waals surface area contributed by atoms with E-state index in [-0.39, 0.29) is 0 Å². The summed E-state index contributed by atoms with van der Waals surface area (Å²) in [6.45, 7) is 2.19. The van der Waals surface area contributed by atoms with Gasteiger partial charge in [-0.1, -0.05) is 0 Å². The maximum absolute atomic E-state index is 4.58. The van der Waals surface area contributed by atoms with Gasteiger partial charge >= 0.3 is 0 Å². The zero-order valence-corrected chi connectivity index (χ0v) is 13.8. The number of aromatic nitrogens is 6. The molecule has 0 radical (unpaired) electrons. The molecule has 0 spiro atoms. The van der Waals surface area contributed by atoms with E-state index in [1.807, 2.05) is 35.2 Å². The zero-order chi connectivity index (χ0) is 16.8. The summed E-state index contributed by atoms with van der Waals surface area (Å²) < 4.78 is 1.85. The average molecular weight is 331 g/mol. The Bertz CT molecular complexity index is 1070. The highest BCUT2D eigenvalue weighted by molar-refractivity contribution is 5.84. The fourth-order valence-corrected chi connectivity index (χ4v) is 3.13. The maximum atomic E-state index is 4.58. The maximum Gasteiger partial charge on any atom is 0.241 e. The summed E-state index contributed by atoms with van der Waals surface area (Å²) in [7, 11) is 0. The molecule has 0 amide bonds. The quantitative estimate of drug-likeness (QED) is 0.619. The molecule has 25 heavy (non-hydrogen) atoms. The first-order valence-corrected chi connectivity index (χ1v) is 8.46. The molecule has 4 aromatic heterocycles. The van der Waals surface area contributed by atoms with E-state index in [9.17, 15) is 0 Å². The van der Waals surface area contributed by atoms with Gasteiger partial charge in [0.25, 0.3) is 0 Å². The molecule has 0 aromatic carbocycles. The molecule has 7 nitrogen and oxygen atoms in total. The molecule has 0 aliphatic heterocycles. The van der Waals surface area contributed by atoms with E-state index in [2.05, 4.69) is 37.3 Å². The third kappa shape index (κ3) is 2.57. The van der Waals surface area contributed by atoms with Crippen molar-refractivity contribution >= 4 is 22.6 Å². The Morgan fingerprint density at radius 1 is 1.12 bits per heavy atom. The van der Waals surface area contributed by atoms with Crippen molar-refractivity contribution in [2.24, 2.45) is 5.92 Å². The monoisotopic (exact) mass is 331 g/mol. The van der Waals surface area contributed by atoms with Crippen LogP contribution in [0, 0.1) is 5.92 Å². The molecular weight excluding hydrogens is 314 g/mol. The SMILES string of the molecule is CC(Nc1ncc2c(-c3cnc4nccnc4c3)ccn2n1)C1CC1. The van der Waals surface area contributed by atoms with Crippen LogP contribution in [0.3, 0.4) is 0 Å².